The van der Waals surface area contributed by atoms with Gasteiger partial charge in [0, 0.05) is 5.69 Å². The highest BCUT2D eigenvalue weighted by molar-refractivity contribution is 5.75. The summed E-state index contributed by atoms with van der Waals surface area (Å²) in [5.74, 6) is 5.46. The molecule has 0 saturated heterocycles. The van der Waals surface area contributed by atoms with Crippen LogP contribution < -0.4 is 16.0 Å². The van der Waals surface area contributed by atoms with Crippen LogP contribution in [0.15, 0.2) is 12.1 Å². The van der Waals surface area contributed by atoms with Crippen molar-refractivity contribution in [2.24, 2.45) is 5.84 Å². The summed E-state index contributed by atoms with van der Waals surface area (Å²) in [6, 6.07) is 3.76. The van der Waals surface area contributed by atoms with E-state index >= 15 is 0 Å². The summed E-state index contributed by atoms with van der Waals surface area (Å²) < 4.78 is 5.48. The summed E-state index contributed by atoms with van der Waals surface area (Å²) in [5, 5.41) is 0. The minimum atomic E-state index is -0.238. The summed E-state index contributed by atoms with van der Waals surface area (Å²) >= 11 is 0. The number of carbonyl (C=O) groups excluding carboxylic acids is 1. The van der Waals surface area contributed by atoms with Crippen molar-refractivity contribution in [3.63, 3.8) is 0 Å². The first-order chi connectivity index (χ1) is 7.67. The Hall–Kier alpha value is -1.62. The fourth-order valence-corrected chi connectivity index (χ4v) is 1.31. The van der Waals surface area contributed by atoms with Gasteiger partial charge in [-0.1, -0.05) is 6.92 Å². The minimum absolute atomic E-state index is 0.238. The number of ether oxygens (including phenoxy) is 1. The molecule has 0 radical (unpaired) electrons. The van der Waals surface area contributed by atoms with Gasteiger partial charge in [-0.15, -0.1) is 0 Å². The third-order valence-electron chi connectivity index (χ3n) is 2.15. The van der Waals surface area contributed by atoms with Crippen LogP contribution in [-0.2, 0) is 11.2 Å². The van der Waals surface area contributed by atoms with E-state index in [1.165, 1.54) is 0 Å². The zero-order valence-electron chi connectivity index (χ0n) is 9.62. The first-order valence-electron chi connectivity index (χ1n) is 5.26. The average Bonchev–Trinajstić information content (AvgIpc) is 2.30. The third-order valence-corrected chi connectivity index (χ3v) is 2.15. The van der Waals surface area contributed by atoms with Crippen molar-refractivity contribution in [1.29, 1.82) is 0 Å². The van der Waals surface area contributed by atoms with Crippen LogP contribution in [0, 0.1) is 6.92 Å². The number of amides is 1. The maximum absolute atomic E-state index is 10.9. The lowest BCUT2D eigenvalue weighted by Gasteiger charge is -2.09. The van der Waals surface area contributed by atoms with Crippen LogP contribution >= 0.6 is 0 Å². The van der Waals surface area contributed by atoms with E-state index in [2.05, 4.69) is 10.4 Å². The van der Waals surface area contributed by atoms with Gasteiger partial charge in [-0.25, -0.2) is 5.84 Å². The molecule has 0 bridgehead atoms. The van der Waals surface area contributed by atoms with Crippen molar-refractivity contribution in [2.75, 3.05) is 6.61 Å². The van der Waals surface area contributed by atoms with Gasteiger partial charge in [0.1, 0.15) is 5.75 Å². The molecule has 1 heterocycles. The number of aryl methyl sites for hydroxylation is 2. The molecule has 5 heteroatoms. The molecule has 0 saturated carbocycles. The number of aromatic nitrogens is 1. The van der Waals surface area contributed by atoms with Gasteiger partial charge in [-0.3, -0.25) is 15.2 Å². The molecule has 3 N–H and O–H groups in total. The molecule has 0 unspecified atom stereocenters. The highest BCUT2D eigenvalue weighted by Crippen LogP contribution is 2.17. The number of nitrogens with two attached hydrogens (primary N) is 1. The zero-order chi connectivity index (χ0) is 12.0. The van der Waals surface area contributed by atoms with Crippen LogP contribution in [0.1, 0.15) is 24.7 Å². The first-order valence-corrected chi connectivity index (χ1v) is 5.26. The normalized spacial score (nSPS) is 9.94. The number of nitrogens with zero attached hydrogens (tertiary/aromatic N) is 1. The molecule has 0 aliphatic rings. The number of nitrogens with one attached hydrogen (secondary N) is 1. The van der Waals surface area contributed by atoms with Crippen LogP contribution in [-0.4, -0.2) is 17.5 Å². The number of hydrogen-bond donors (Lipinski definition) is 2. The molecular formula is C11H17N3O2. The molecule has 0 aromatic carbocycles. The van der Waals surface area contributed by atoms with E-state index in [4.69, 9.17) is 10.6 Å². The summed E-state index contributed by atoms with van der Waals surface area (Å²) in [6.45, 7) is 4.26. The van der Waals surface area contributed by atoms with Crippen LogP contribution in [0.2, 0.25) is 0 Å². The lowest BCUT2D eigenvalue weighted by molar-refractivity contribution is -0.121. The van der Waals surface area contributed by atoms with E-state index in [-0.39, 0.29) is 12.3 Å². The van der Waals surface area contributed by atoms with Gasteiger partial charge in [0.25, 0.3) is 0 Å². The SMILES string of the molecule is CCc1nc(C)ccc1OCCC(=O)NN. The van der Waals surface area contributed by atoms with Crippen molar-refractivity contribution in [2.45, 2.75) is 26.7 Å². The molecule has 16 heavy (non-hydrogen) atoms. The number of carbonyl (C=O) groups is 1. The van der Waals surface area contributed by atoms with E-state index in [1.54, 1.807) is 0 Å². The highest BCUT2D eigenvalue weighted by atomic mass is 16.5. The van der Waals surface area contributed by atoms with E-state index in [9.17, 15) is 4.79 Å². The van der Waals surface area contributed by atoms with Crippen molar-refractivity contribution in [1.82, 2.24) is 10.4 Å². The smallest absolute Gasteiger partial charge is 0.237 e. The quantitative estimate of drug-likeness (QED) is 0.438. The number of hydrazine groups is 1. The third kappa shape index (κ3) is 3.51. The Labute approximate surface area is 95.0 Å². The summed E-state index contributed by atoms with van der Waals surface area (Å²) in [4.78, 5) is 15.2. The molecule has 1 amide bonds. The molecule has 1 aromatic heterocycles. The second-order valence-electron chi connectivity index (χ2n) is 3.42. The maximum atomic E-state index is 10.9. The number of pyridine rings is 1. The van der Waals surface area contributed by atoms with Crippen LogP contribution in [0.4, 0.5) is 0 Å². The van der Waals surface area contributed by atoms with Gasteiger partial charge in [0.2, 0.25) is 5.91 Å². The van der Waals surface area contributed by atoms with Gasteiger partial charge in [0.15, 0.2) is 0 Å². The molecule has 0 aliphatic heterocycles. The average molecular weight is 223 g/mol. The largest absolute Gasteiger partial charge is 0.491 e. The maximum Gasteiger partial charge on any atom is 0.237 e. The Morgan fingerprint density at radius 2 is 2.31 bits per heavy atom. The second-order valence-corrected chi connectivity index (χ2v) is 3.42. The van der Waals surface area contributed by atoms with Crippen molar-refractivity contribution in [3.05, 3.63) is 23.5 Å². The molecule has 0 atom stereocenters. The van der Waals surface area contributed by atoms with Gasteiger partial charge < -0.3 is 4.74 Å². The lowest BCUT2D eigenvalue weighted by Crippen LogP contribution is -2.31. The summed E-state index contributed by atoms with van der Waals surface area (Å²) in [7, 11) is 0. The second kappa shape index (κ2) is 6.07. The van der Waals surface area contributed by atoms with Crippen molar-refractivity contribution >= 4 is 5.91 Å². The zero-order valence-corrected chi connectivity index (χ0v) is 9.62. The molecule has 0 aliphatic carbocycles. The molecule has 0 spiro atoms. The first kappa shape index (κ1) is 12.4. The Morgan fingerprint density at radius 1 is 1.56 bits per heavy atom. The van der Waals surface area contributed by atoms with Crippen molar-refractivity contribution in [3.8, 4) is 5.75 Å². The number of hydrogen-bond acceptors (Lipinski definition) is 4. The Kier molecular flexibility index (Phi) is 4.72. The highest BCUT2D eigenvalue weighted by Gasteiger charge is 2.05. The Bertz CT molecular complexity index is 366. The Morgan fingerprint density at radius 3 is 2.94 bits per heavy atom. The van der Waals surface area contributed by atoms with Gasteiger partial charge in [-0.2, -0.15) is 0 Å². The minimum Gasteiger partial charge on any atom is -0.491 e. The van der Waals surface area contributed by atoms with Gasteiger partial charge in [0.05, 0.1) is 18.7 Å². The van der Waals surface area contributed by atoms with Gasteiger partial charge >= 0.3 is 0 Å². The summed E-state index contributed by atoms with van der Waals surface area (Å²) in [6.07, 6.45) is 1.05. The molecule has 1 rings (SSSR count). The lowest BCUT2D eigenvalue weighted by atomic mass is 10.2. The molecular weight excluding hydrogens is 206 g/mol. The topological polar surface area (TPSA) is 77.2 Å². The van der Waals surface area contributed by atoms with Crippen LogP contribution in [0.25, 0.3) is 0 Å². The Balaban J connectivity index is 2.56. The molecule has 5 nitrogen and oxygen atoms in total. The van der Waals surface area contributed by atoms with Gasteiger partial charge in [-0.05, 0) is 25.5 Å². The molecule has 1 aromatic rings. The van der Waals surface area contributed by atoms with E-state index in [0.29, 0.717) is 6.61 Å². The number of rotatable bonds is 5. The van der Waals surface area contributed by atoms with E-state index in [1.807, 2.05) is 26.0 Å². The van der Waals surface area contributed by atoms with Crippen LogP contribution in [0.5, 0.6) is 5.75 Å². The fourth-order valence-electron chi connectivity index (χ4n) is 1.31. The predicted octanol–water partition coefficient (Wildman–Crippen LogP) is 0.711. The van der Waals surface area contributed by atoms with Crippen molar-refractivity contribution < 1.29 is 9.53 Å². The summed E-state index contributed by atoms with van der Waals surface area (Å²) in [5.41, 5.74) is 3.93. The van der Waals surface area contributed by atoms with E-state index in [0.717, 1.165) is 23.6 Å². The standard InChI is InChI=1S/C11H17N3O2/c1-3-9-10(5-4-8(2)13-9)16-7-6-11(15)14-12/h4-5H,3,6-7,12H2,1-2H3,(H,14,15). The predicted molar refractivity (Wildman–Crippen MR) is 60.8 cm³/mol. The molecule has 88 valence electrons. The fraction of sp³-hybridized carbons (Fsp3) is 0.455. The monoisotopic (exact) mass is 223 g/mol. The van der Waals surface area contributed by atoms with Crippen LogP contribution in [0.3, 0.4) is 0 Å². The van der Waals surface area contributed by atoms with E-state index < -0.39 is 0 Å². The molecule has 0 fully saturated rings.